The lowest BCUT2D eigenvalue weighted by Crippen LogP contribution is -2.27. The molecule has 0 aliphatic heterocycles. The van der Waals surface area contributed by atoms with Crippen molar-refractivity contribution in [2.75, 3.05) is 49.4 Å². The van der Waals surface area contributed by atoms with Crippen molar-refractivity contribution in [3.05, 3.63) is 76.3 Å². The minimum atomic E-state index is -0.570. The molecular weight excluding hydrogens is 514 g/mol. The lowest BCUT2D eigenvalue weighted by Gasteiger charge is -2.18. The summed E-state index contributed by atoms with van der Waals surface area (Å²) in [6, 6.07) is 15.4. The molecule has 2 aromatic heterocycles. The van der Waals surface area contributed by atoms with E-state index in [1.165, 1.54) is 6.20 Å². The highest BCUT2D eigenvalue weighted by Gasteiger charge is 2.10. The first-order valence-corrected chi connectivity index (χ1v) is 13.0. The van der Waals surface area contributed by atoms with Crippen LogP contribution in [-0.4, -0.2) is 68.0 Å². The molecule has 0 aliphatic carbocycles. The zero-order valence-corrected chi connectivity index (χ0v) is 22.8. The second-order valence-corrected chi connectivity index (χ2v) is 8.81. The van der Waals surface area contributed by atoms with Crippen LogP contribution in [0.15, 0.2) is 59.5 Å². The van der Waals surface area contributed by atoms with Crippen LogP contribution in [0.1, 0.15) is 25.0 Å². The van der Waals surface area contributed by atoms with E-state index in [-0.39, 0.29) is 11.8 Å². The Morgan fingerprint density at radius 1 is 0.875 bits per heavy atom. The number of benzene rings is 2. The van der Waals surface area contributed by atoms with Crippen LogP contribution in [0, 0.1) is 0 Å². The lowest BCUT2D eigenvalue weighted by molar-refractivity contribution is 0.223. The summed E-state index contributed by atoms with van der Waals surface area (Å²) < 4.78 is 12.1. The van der Waals surface area contributed by atoms with E-state index >= 15 is 0 Å². The number of anilines is 3. The number of rotatable bonds is 15. The Morgan fingerprint density at radius 3 is 1.93 bits per heavy atom. The van der Waals surface area contributed by atoms with Crippen molar-refractivity contribution in [2.24, 2.45) is 0 Å². The Kier molecular flexibility index (Phi) is 9.77. The Hall–Kier alpha value is -4.78. The number of aromatic amines is 1. The number of ether oxygens (including phenoxy) is 2. The molecule has 0 unspecified atom stereocenters. The summed E-state index contributed by atoms with van der Waals surface area (Å²) in [5.74, 6) is 1.98. The van der Waals surface area contributed by atoms with Gasteiger partial charge in [0.2, 0.25) is 23.7 Å². The maximum atomic E-state index is 12.0. The van der Waals surface area contributed by atoms with E-state index in [4.69, 9.17) is 9.47 Å². The van der Waals surface area contributed by atoms with Crippen molar-refractivity contribution in [3.63, 3.8) is 0 Å². The topological polar surface area (TPSA) is 154 Å². The molecular formula is C27H35N9O4. The van der Waals surface area contributed by atoms with Crippen molar-refractivity contribution < 1.29 is 14.6 Å². The van der Waals surface area contributed by atoms with Crippen LogP contribution in [0.4, 0.5) is 17.8 Å². The normalized spacial score (nSPS) is 10.9. The molecule has 0 atom stereocenters. The molecule has 4 rings (SSSR count). The minimum Gasteiger partial charge on any atom is -0.497 e. The van der Waals surface area contributed by atoms with E-state index in [0.717, 1.165) is 46.9 Å². The number of nitrogens with zero attached hydrogens (tertiary/aromatic N) is 5. The Labute approximate surface area is 232 Å². The summed E-state index contributed by atoms with van der Waals surface area (Å²) >= 11 is 0. The maximum absolute atomic E-state index is 12.0. The number of hydrogen-bond acceptors (Lipinski definition) is 11. The Balaban J connectivity index is 1.42. The van der Waals surface area contributed by atoms with Crippen molar-refractivity contribution in [2.45, 2.75) is 26.9 Å². The predicted octanol–water partition coefficient (Wildman–Crippen LogP) is 2.90. The van der Waals surface area contributed by atoms with Crippen molar-refractivity contribution in [1.29, 1.82) is 0 Å². The fourth-order valence-electron chi connectivity index (χ4n) is 3.80. The van der Waals surface area contributed by atoms with Gasteiger partial charge in [-0.05, 0) is 48.5 Å². The van der Waals surface area contributed by atoms with Gasteiger partial charge in [-0.2, -0.15) is 15.0 Å². The van der Waals surface area contributed by atoms with Gasteiger partial charge < -0.3 is 30.1 Å². The predicted molar refractivity (Wildman–Crippen MR) is 153 cm³/mol. The second kappa shape index (κ2) is 13.8. The molecule has 0 amide bonds. The first-order valence-electron chi connectivity index (χ1n) is 13.0. The van der Waals surface area contributed by atoms with Gasteiger partial charge in [-0.1, -0.05) is 38.1 Å². The molecule has 0 radical (unpaired) electrons. The van der Waals surface area contributed by atoms with Gasteiger partial charge in [0, 0.05) is 19.6 Å². The largest absolute Gasteiger partial charge is 0.497 e. The van der Waals surface area contributed by atoms with Crippen molar-refractivity contribution >= 4 is 17.8 Å². The van der Waals surface area contributed by atoms with Crippen molar-refractivity contribution in [1.82, 2.24) is 29.5 Å². The third-order valence-electron chi connectivity index (χ3n) is 6.12. The van der Waals surface area contributed by atoms with E-state index in [1.807, 2.05) is 48.5 Å². The molecule has 0 saturated carbocycles. The summed E-state index contributed by atoms with van der Waals surface area (Å²) in [6.07, 6.45) is 1.19. The Morgan fingerprint density at radius 2 is 1.43 bits per heavy atom. The SMILES string of the molecule is CCN(CC)CCOc1ccc(CNc2nc(NCc3ccc(OC)cc3)nc(Nn3cc(O)[nH]c3=O)n2)cc1. The van der Waals surface area contributed by atoms with Crippen molar-refractivity contribution in [3.8, 4) is 17.4 Å². The van der Waals surface area contributed by atoms with Gasteiger partial charge in [0.05, 0.1) is 13.3 Å². The third-order valence-corrected chi connectivity index (χ3v) is 6.12. The van der Waals surface area contributed by atoms with Crippen LogP contribution >= 0.6 is 0 Å². The van der Waals surface area contributed by atoms with Crippen LogP contribution in [0.2, 0.25) is 0 Å². The van der Waals surface area contributed by atoms with E-state index in [9.17, 15) is 9.90 Å². The quantitative estimate of drug-likeness (QED) is 0.149. The molecule has 13 heteroatoms. The molecule has 13 nitrogen and oxygen atoms in total. The number of methoxy groups -OCH3 is 1. The molecule has 212 valence electrons. The fourth-order valence-corrected chi connectivity index (χ4v) is 3.80. The molecule has 0 bridgehead atoms. The summed E-state index contributed by atoms with van der Waals surface area (Å²) in [4.78, 5) is 29.8. The molecule has 0 aliphatic rings. The molecule has 0 spiro atoms. The van der Waals surface area contributed by atoms with Crippen LogP contribution in [0.5, 0.6) is 17.4 Å². The Bertz CT molecular complexity index is 1400. The highest BCUT2D eigenvalue weighted by Crippen LogP contribution is 2.16. The first kappa shape index (κ1) is 28.2. The van der Waals surface area contributed by atoms with E-state index in [1.54, 1.807) is 7.11 Å². The average molecular weight is 550 g/mol. The van der Waals surface area contributed by atoms with Gasteiger partial charge >= 0.3 is 5.69 Å². The number of hydrogen-bond donors (Lipinski definition) is 5. The van der Waals surface area contributed by atoms with Gasteiger partial charge in [-0.15, -0.1) is 0 Å². The smallest absolute Gasteiger partial charge is 0.347 e. The monoisotopic (exact) mass is 549 g/mol. The van der Waals surface area contributed by atoms with E-state index in [2.05, 4.69) is 54.7 Å². The molecule has 40 heavy (non-hydrogen) atoms. The van der Waals surface area contributed by atoms with Crippen LogP contribution in [0.25, 0.3) is 0 Å². The van der Waals surface area contributed by atoms with E-state index in [0.29, 0.717) is 31.6 Å². The number of likely N-dealkylation sites (N-methyl/N-ethyl adjacent to an activating group) is 1. The molecule has 4 aromatic rings. The highest BCUT2D eigenvalue weighted by molar-refractivity contribution is 5.43. The molecule has 0 fully saturated rings. The highest BCUT2D eigenvalue weighted by atomic mass is 16.5. The molecule has 0 saturated heterocycles. The lowest BCUT2D eigenvalue weighted by atomic mass is 10.2. The fraction of sp³-hybridized carbons (Fsp3) is 0.333. The first-order chi connectivity index (χ1) is 19.4. The maximum Gasteiger partial charge on any atom is 0.347 e. The number of imidazole rings is 1. The van der Waals surface area contributed by atoms with Gasteiger partial charge in [0.25, 0.3) is 0 Å². The second-order valence-electron chi connectivity index (χ2n) is 8.81. The standard InChI is InChI=1S/C27H35N9O4/c1-4-35(5-2)14-15-40-22-12-8-20(9-13-22)17-29-25-31-24(28-16-19-6-10-21(39-3)11-7-19)32-26(33-25)34-36-18-23(37)30-27(36)38/h6-13,18,37H,4-5,14-17H2,1-3H3,(H,30,38)(H3,28,29,31,32,33,34). The third kappa shape index (κ3) is 8.11. The summed E-state index contributed by atoms with van der Waals surface area (Å²) in [5.41, 5.74) is 4.19. The minimum absolute atomic E-state index is 0.104. The van der Waals surface area contributed by atoms with Crippen LogP contribution < -0.4 is 31.2 Å². The summed E-state index contributed by atoms with van der Waals surface area (Å²) in [7, 11) is 1.62. The molecule has 2 aromatic carbocycles. The number of nitrogens with one attached hydrogen (secondary N) is 4. The number of aromatic nitrogens is 5. The average Bonchev–Trinajstić information content (AvgIpc) is 3.29. The molecule has 5 N–H and O–H groups in total. The number of H-pyrrole nitrogens is 1. The molecule has 2 heterocycles. The van der Waals surface area contributed by atoms with Gasteiger partial charge in [0.15, 0.2) is 0 Å². The van der Waals surface area contributed by atoms with Crippen LogP contribution in [0.3, 0.4) is 0 Å². The summed E-state index contributed by atoms with van der Waals surface area (Å²) in [5, 5.41) is 16.0. The van der Waals surface area contributed by atoms with Gasteiger partial charge in [0.1, 0.15) is 18.1 Å². The van der Waals surface area contributed by atoms with Gasteiger partial charge in [-0.25, -0.2) is 9.47 Å². The number of aromatic hydroxyl groups is 1. The van der Waals surface area contributed by atoms with Crippen LogP contribution in [-0.2, 0) is 13.1 Å². The summed E-state index contributed by atoms with van der Waals surface area (Å²) in [6.45, 7) is 8.70. The zero-order chi connectivity index (χ0) is 28.3. The zero-order valence-electron chi connectivity index (χ0n) is 22.8. The van der Waals surface area contributed by atoms with E-state index < -0.39 is 5.69 Å². The van der Waals surface area contributed by atoms with Gasteiger partial charge in [-0.3, -0.25) is 10.4 Å².